The van der Waals surface area contributed by atoms with Crippen molar-refractivity contribution in [2.75, 3.05) is 12.3 Å². The molecule has 0 aliphatic carbocycles. The summed E-state index contributed by atoms with van der Waals surface area (Å²) in [6.45, 7) is 0.535. The maximum atomic E-state index is 8.80. The van der Waals surface area contributed by atoms with Crippen molar-refractivity contribution >= 4 is 40.4 Å². The van der Waals surface area contributed by atoms with Crippen LogP contribution >= 0.6 is 0 Å². The molecule has 0 bridgehead atoms. The zero-order valence-electron chi connectivity index (χ0n) is 16.6. The minimum absolute atomic E-state index is 0.224. The Bertz CT molecular complexity index is 1380. The predicted molar refractivity (Wildman–Crippen MR) is 126 cm³/mol. The molecule has 31 heavy (non-hydrogen) atoms. The lowest BCUT2D eigenvalue weighted by Crippen LogP contribution is -2.10. The minimum atomic E-state index is 0.224. The lowest BCUT2D eigenvalue weighted by Gasteiger charge is -2.08. The Balaban J connectivity index is 1.56. The highest BCUT2D eigenvalue weighted by molar-refractivity contribution is 6.18. The maximum Gasteiger partial charge on any atom is 0.114 e. The molecule has 150 valence electrons. The van der Waals surface area contributed by atoms with Gasteiger partial charge in [0.2, 0.25) is 0 Å². The van der Waals surface area contributed by atoms with Crippen molar-refractivity contribution in [2.24, 2.45) is 9.98 Å². The first-order chi connectivity index (χ1) is 15.2. The van der Waals surface area contributed by atoms with Crippen molar-refractivity contribution in [3.8, 4) is 11.1 Å². The van der Waals surface area contributed by atoms with Gasteiger partial charge in [-0.1, -0.05) is 18.2 Å². The van der Waals surface area contributed by atoms with E-state index < -0.39 is 0 Å². The SMILES string of the molecule is N=C(c1cc2c(-c3cccnc3)cccc2[nH]1)c1nc(C2=CCN=CC=N2)ccc1N. The topological polar surface area (TPSA) is 116 Å². The number of fused-ring (bicyclic) bond motifs is 1. The quantitative estimate of drug-likeness (QED) is 0.443. The lowest BCUT2D eigenvalue weighted by atomic mass is 10.0. The number of hydrogen-bond donors (Lipinski definition) is 3. The van der Waals surface area contributed by atoms with E-state index in [9.17, 15) is 0 Å². The van der Waals surface area contributed by atoms with Crippen molar-refractivity contribution in [1.82, 2.24) is 15.0 Å². The first-order valence-electron chi connectivity index (χ1n) is 9.81. The number of anilines is 1. The Morgan fingerprint density at radius 1 is 1.06 bits per heavy atom. The van der Waals surface area contributed by atoms with E-state index in [0.717, 1.165) is 22.0 Å². The summed E-state index contributed by atoms with van der Waals surface area (Å²) in [7, 11) is 0. The Kier molecular flexibility index (Phi) is 4.68. The number of aliphatic imine (C=N–C) groups is 2. The van der Waals surface area contributed by atoms with Gasteiger partial charge in [-0.15, -0.1) is 0 Å². The fourth-order valence-corrected chi connectivity index (χ4v) is 3.59. The van der Waals surface area contributed by atoms with Gasteiger partial charge in [-0.05, 0) is 42.0 Å². The molecule has 0 amide bonds. The zero-order valence-corrected chi connectivity index (χ0v) is 16.6. The Morgan fingerprint density at radius 3 is 2.87 bits per heavy atom. The number of hydrogen-bond acceptors (Lipinski definition) is 6. The van der Waals surface area contributed by atoms with E-state index in [-0.39, 0.29) is 5.71 Å². The number of rotatable bonds is 4. The lowest BCUT2D eigenvalue weighted by molar-refractivity contribution is 1.20. The van der Waals surface area contributed by atoms with Gasteiger partial charge in [0.1, 0.15) is 11.4 Å². The molecule has 7 nitrogen and oxygen atoms in total. The molecule has 0 atom stereocenters. The highest BCUT2D eigenvalue weighted by atomic mass is 14.9. The number of H-pyrrole nitrogens is 1. The third-order valence-corrected chi connectivity index (χ3v) is 5.11. The highest BCUT2D eigenvalue weighted by Crippen LogP contribution is 2.30. The first kappa shape index (κ1) is 18.6. The molecule has 1 aliphatic rings. The third kappa shape index (κ3) is 3.53. The predicted octanol–water partition coefficient (Wildman–Crippen LogP) is 4.12. The molecule has 3 aromatic heterocycles. The van der Waals surface area contributed by atoms with Gasteiger partial charge in [0.15, 0.2) is 0 Å². The minimum Gasteiger partial charge on any atom is -0.397 e. The number of nitrogens with zero attached hydrogens (tertiary/aromatic N) is 4. The Hall–Kier alpha value is -4.39. The fourth-order valence-electron chi connectivity index (χ4n) is 3.59. The number of nitrogen functional groups attached to an aromatic ring is 1. The molecule has 1 aliphatic heterocycles. The van der Waals surface area contributed by atoms with Crippen LogP contribution in [0.3, 0.4) is 0 Å². The molecule has 0 unspecified atom stereocenters. The summed E-state index contributed by atoms with van der Waals surface area (Å²) in [5.74, 6) is 0. The molecule has 4 N–H and O–H groups in total. The second kappa shape index (κ2) is 7.79. The molecule has 0 fully saturated rings. The third-order valence-electron chi connectivity index (χ3n) is 5.11. The molecule has 1 aromatic carbocycles. The normalized spacial score (nSPS) is 13.2. The molecule has 4 heterocycles. The van der Waals surface area contributed by atoms with Crippen molar-refractivity contribution in [1.29, 1.82) is 5.41 Å². The smallest absolute Gasteiger partial charge is 0.114 e. The largest absolute Gasteiger partial charge is 0.397 e. The second-order valence-electron chi connectivity index (χ2n) is 7.08. The van der Waals surface area contributed by atoms with E-state index in [0.29, 0.717) is 35.0 Å². The molecular weight excluding hydrogens is 386 g/mol. The Labute approximate surface area is 178 Å². The standard InChI is InChI=1S/C24H19N7/c25-18-6-7-21(20-8-10-27-11-12-29-20)31-24(18)23(26)22-13-17-16(4-1-5-19(17)30-22)15-3-2-9-28-14-15/h1-9,11-14,26,30H,10,25H2. The van der Waals surface area contributed by atoms with Gasteiger partial charge >= 0.3 is 0 Å². The number of aromatic nitrogens is 3. The summed E-state index contributed by atoms with van der Waals surface area (Å²) in [5.41, 5.74) is 12.3. The van der Waals surface area contributed by atoms with Crippen LogP contribution in [0.5, 0.6) is 0 Å². The summed E-state index contributed by atoms with van der Waals surface area (Å²) in [5, 5.41) is 9.82. The van der Waals surface area contributed by atoms with Crippen molar-refractivity contribution in [3.05, 3.63) is 84.1 Å². The monoisotopic (exact) mass is 405 g/mol. The average Bonchev–Trinajstić information content (AvgIpc) is 3.06. The molecule has 5 rings (SSSR count). The van der Waals surface area contributed by atoms with Gasteiger partial charge in [-0.3, -0.25) is 20.4 Å². The molecule has 0 spiro atoms. The van der Waals surface area contributed by atoms with Gasteiger partial charge in [0.25, 0.3) is 0 Å². The number of nitrogens with two attached hydrogens (primary N) is 1. The van der Waals surface area contributed by atoms with Crippen molar-refractivity contribution in [3.63, 3.8) is 0 Å². The fraction of sp³-hybridized carbons (Fsp3) is 0.0417. The van der Waals surface area contributed by atoms with E-state index in [1.54, 1.807) is 24.7 Å². The van der Waals surface area contributed by atoms with Crippen LogP contribution < -0.4 is 5.73 Å². The van der Waals surface area contributed by atoms with Gasteiger partial charge in [0.05, 0.1) is 29.3 Å². The van der Waals surface area contributed by atoms with Crippen LogP contribution in [-0.4, -0.2) is 39.6 Å². The van der Waals surface area contributed by atoms with E-state index in [2.05, 4.69) is 24.9 Å². The van der Waals surface area contributed by atoms with Crippen LogP contribution in [0.2, 0.25) is 0 Å². The zero-order chi connectivity index (χ0) is 21.2. The summed E-state index contributed by atoms with van der Waals surface area (Å²) < 4.78 is 0. The van der Waals surface area contributed by atoms with Crippen LogP contribution in [-0.2, 0) is 0 Å². The molecule has 0 saturated carbocycles. The van der Waals surface area contributed by atoms with Gasteiger partial charge in [-0.2, -0.15) is 0 Å². The molecule has 4 aromatic rings. The van der Waals surface area contributed by atoms with E-state index in [1.165, 1.54) is 0 Å². The molecule has 7 heteroatoms. The summed E-state index contributed by atoms with van der Waals surface area (Å²) in [4.78, 5) is 20.8. The molecular formula is C24H19N7. The van der Waals surface area contributed by atoms with Gasteiger partial charge < -0.3 is 10.7 Å². The van der Waals surface area contributed by atoms with E-state index >= 15 is 0 Å². The molecule has 0 radical (unpaired) electrons. The number of aromatic amines is 1. The van der Waals surface area contributed by atoms with E-state index in [4.69, 9.17) is 11.1 Å². The Morgan fingerprint density at radius 2 is 2.00 bits per heavy atom. The van der Waals surface area contributed by atoms with Crippen molar-refractivity contribution < 1.29 is 0 Å². The maximum absolute atomic E-state index is 8.80. The number of nitrogens with one attached hydrogen (secondary N) is 2. The summed E-state index contributed by atoms with van der Waals surface area (Å²) in [6, 6.07) is 15.5. The average molecular weight is 405 g/mol. The first-order valence-corrected chi connectivity index (χ1v) is 9.81. The van der Waals surface area contributed by atoms with Crippen LogP contribution in [0.25, 0.3) is 27.7 Å². The van der Waals surface area contributed by atoms with Crippen LogP contribution in [0.4, 0.5) is 5.69 Å². The number of pyridine rings is 2. The van der Waals surface area contributed by atoms with Crippen molar-refractivity contribution in [2.45, 2.75) is 0 Å². The molecule has 0 saturated heterocycles. The van der Waals surface area contributed by atoms with Gasteiger partial charge in [-0.25, -0.2) is 4.98 Å². The summed E-state index contributed by atoms with van der Waals surface area (Å²) >= 11 is 0. The van der Waals surface area contributed by atoms with Gasteiger partial charge in [0, 0.05) is 41.3 Å². The summed E-state index contributed by atoms with van der Waals surface area (Å²) in [6.07, 6.45) is 8.78. The van der Waals surface area contributed by atoms with Crippen LogP contribution in [0.15, 0.2) is 77.0 Å². The van der Waals surface area contributed by atoms with E-state index in [1.807, 2.05) is 54.7 Å². The highest BCUT2D eigenvalue weighted by Gasteiger charge is 2.16. The van der Waals surface area contributed by atoms with Crippen LogP contribution in [0.1, 0.15) is 17.1 Å². The second-order valence-corrected chi connectivity index (χ2v) is 7.08. The van der Waals surface area contributed by atoms with Crippen LogP contribution in [0, 0.1) is 5.41 Å². The number of benzene rings is 1.